The monoisotopic (exact) mass is 196 g/mol. The molecule has 0 bridgehead atoms. The van der Waals surface area contributed by atoms with Crippen LogP contribution in [0.3, 0.4) is 0 Å². The van der Waals surface area contributed by atoms with E-state index < -0.39 is 0 Å². The third-order valence-electron chi connectivity index (χ3n) is 2.13. The molecule has 3 heteroatoms. The lowest BCUT2D eigenvalue weighted by molar-refractivity contribution is 0.634. The molecule has 0 amide bonds. The van der Waals surface area contributed by atoms with Crippen molar-refractivity contribution in [3.05, 3.63) is 30.1 Å². The average Bonchev–Trinajstić information content (AvgIpc) is 2.20. The van der Waals surface area contributed by atoms with Crippen LogP contribution in [0.4, 0.5) is 0 Å². The zero-order valence-corrected chi connectivity index (χ0v) is 8.92. The molecule has 0 radical (unpaired) electrons. The molecule has 0 aliphatic heterocycles. The normalized spacial score (nSPS) is 15.3. The van der Waals surface area contributed by atoms with Gasteiger partial charge in [-0.2, -0.15) is 11.8 Å². The number of hydrogen-bond acceptors (Lipinski definition) is 3. The predicted octanol–water partition coefficient (Wildman–Crippen LogP) is 2.22. The molecular formula is C10H16N2S. The largest absolute Gasteiger partial charge is 0.326 e. The molecule has 0 aromatic carbocycles. The third-order valence-corrected chi connectivity index (χ3v) is 3.26. The molecule has 1 rings (SSSR count). The summed E-state index contributed by atoms with van der Waals surface area (Å²) in [5.41, 5.74) is 7.24. The SMILES string of the molecule is CCC(N)C(SC)c1cccnc1. The first kappa shape index (κ1) is 10.5. The Labute approximate surface area is 83.9 Å². The second-order valence-corrected chi connectivity index (χ2v) is 3.99. The van der Waals surface area contributed by atoms with Crippen LogP contribution in [-0.4, -0.2) is 17.3 Å². The van der Waals surface area contributed by atoms with Crippen molar-refractivity contribution in [2.75, 3.05) is 6.26 Å². The van der Waals surface area contributed by atoms with Crippen molar-refractivity contribution < 1.29 is 0 Å². The first-order chi connectivity index (χ1) is 6.29. The molecule has 1 aromatic rings. The molecule has 0 aliphatic rings. The number of pyridine rings is 1. The Morgan fingerprint density at radius 3 is 2.85 bits per heavy atom. The van der Waals surface area contributed by atoms with E-state index in [9.17, 15) is 0 Å². The minimum absolute atomic E-state index is 0.221. The van der Waals surface area contributed by atoms with Gasteiger partial charge in [0.2, 0.25) is 0 Å². The number of hydrogen-bond donors (Lipinski definition) is 1. The molecule has 2 N–H and O–H groups in total. The summed E-state index contributed by atoms with van der Waals surface area (Å²) in [5, 5.41) is 0.374. The van der Waals surface area contributed by atoms with Crippen molar-refractivity contribution in [2.45, 2.75) is 24.6 Å². The molecule has 0 saturated heterocycles. The highest BCUT2D eigenvalue weighted by Crippen LogP contribution is 2.29. The van der Waals surface area contributed by atoms with Gasteiger partial charge in [0.05, 0.1) is 0 Å². The van der Waals surface area contributed by atoms with E-state index >= 15 is 0 Å². The fraction of sp³-hybridized carbons (Fsp3) is 0.500. The number of nitrogens with two attached hydrogens (primary N) is 1. The maximum atomic E-state index is 6.01. The summed E-state index contributed by atoms with van der Waals surface area (Å²) in [7, 11) is 0. The predicted molar refractivity (Wildman–Crippen MR) is 58.8 cm³/mol. The van der Waals surface area contributed by atoms with Crippen LogP contribution in [0.15, 0.2) is 24.5 Å². The fourth-order valence-corrected chi connectivity index (χ4v) is 2.27. The van der Waals surface area contributed by atoms with Crippen molar-refractivity contribution in [1.82, 2.24) is 4.98 Å². The average molecular weight is 196 g/mol. The quantitative estimate of drug-likeness (QED) is 0.802. The van der Waals surface area contributed by atoms with E-state index in [4.69, 9.17) is 5.73 Å². The maximum Gasteiger partial charge on any atom is 0.0460 e. The molecular weight excluding hydrogens is 180 g/mol. The Hall–Kier alpha value is -0.540. The number of rotatable bonds is 4. The molecule has 1 heterocycles. The van der Waals surface area contributed by atoms with Crippen molar-refractivity contribution in [1.29, 1.82) is 0 Å². The van der Waals surface area contributed by atoms with E-state index in [2.05, 4.69) is 24.2 Å². The van der Waals surface area contributed by atoms with E-state index in [0.717, 1.165) is 6.42 Å². The van der Waals surface area contributed by atoms with Gasteiger partial charge in [0, 0.05) is 23.7 Å². The van der Waals surface area contributed by atoms with Gasteiger partial charge >= 0.3 is 0 Å². The van der Waals surface area contributed by atoms with E-state index in [1.807, 2.05) is 12.3 Å². The first-order valence-corrected chi connectivity index (χ1v) is 5.76. The van der Waals surface area contributed by atoms with Crippen LogP contribution in [0.5, 0.6) is 0 Å². The smallest absolute Gasteiger partial charge is 0.0460 e. The second kappa shape index (κ2) is 5.25. The van der Waals surface area contributed by atoms with Crippen LogP contribution >= 0.6 is 11.8 Å². The fourth-order valence-electron chi connectivity index (χ4n) is 1.32. The summed E-state index contributed by atoms with van der Waals surface area (Å²) in [5.74, 6) is 0. The van der Waals surface area contributed by atoms with Gasteiger partial charge in [-0.3, -0.25) is 4.98 Å². The van der Waals surface area contributed by atoms with Crippen LogP contribution < -0.4 is 5.73 Å². The molecule has 2 atom stereocenters. The molecule has 72 valence electrons. The summed E-state index contributed by atoms with van der Waals surface area (Å²) in [6, 6.07) is 4.27. The first-order valence-electron chi connectivity index (χ1n) is 4.48. The Bertz CT molecular complexity index is 238. The Morgan fingerprint density at radius 1 is 1.62 bits per heavy atom. The summed E-state index contributed by atoms with van der Waals surface area (Å²) in [6.45, 7) is 2.12. The highest BCUT2D eigenvalue weighted by molar-refractivity contribution is 7.98. The summed E-state index contributed by atoms with van der Waals surface area (Å²) in [4.78, 5) is 4.10. The van der Waals surface area contributed by atoms with Crippen LogP contribution in [0.1, 0.15) is 24.2 Å². The molecule has 2 unspecified atom stereocenters. The van der Waals surface area contributed by atoms with Crippen molar-refractivity contribution >= 4 is 11.8 Å². The van der Waals surface area contributed by atoms with Crippen LogP contribution in [0.2, 0.25) is 0 Å². The number of aromatic nitrogens is 1. The third kappa shape index (κ3) is 2.71. The van der Waals surface area contributed by atoms with Gasteiger partial charge in [-0.25, -0.2) is 0 Å². The molecule has 0 spiro atoms. The lowest BCUT2D eigenvalue weighted by Gasteiger charge is -2.20. The van der Waals surface area contributed by atoms with Gasteiger partial charge in [-0.05, 0) is 24.3 Å². The van der Waals surface area contributed by atoms with E-state index in [1.54, 1.807) is 18.0 Å². The number of nitrogens with zero attached hydrogens (tertiary/aromatic N) is 1. The van der Waals surface area contributed by atoms with Gasteiger partial charge in [0.1, 0.15) is 0 Å². The van der Waals surface area contributed by atoms with E-state index in [1.165, 1.54) is 5.56 Å². The standard InChI is InChI=1S/C10H16N2S/c1-3-9(11)10(13-2)8-5-4-6-12-7-8/h4-7,9-10H,3,11H2,1-2H3. The highest BCUT2D eigenvalue weighted by Gasteiger charge is 2.16. The van der Waals surface area contributed by atoms with E-state index in [0.29, 0.717) is 5.25 Å². The van der Waals surface area contributed by atoms with Crippen LogP contribution in [-0.2, 0) is 0 Å². The lowest BCUT2D eigenvalue weighted by atomic mass is 10.1. The van der Waals surface area contributed by atoms with Crippen LogP contribution in [0, 0.1) is 0 Å². The van der Waals surface area contributed by atoms with Gasteiger partial charge in [-0.1, -0.05) is 13.0 Å². The van der Waals surface area contributed by atoms with Gasteiger partial charge in [0.25, 0.3) is 0 Å². The second-order valence-electron chi connectivity index (χ2n) is 3.01. The minimum atomic E-state index is 0.221. The van der Waals surface area contributed by atoms with Crippen molar-refractivity contribution in [3.63, 3.8) is 0 Å². The lowest BCUT2D eigenvalue weighted by Crippen LogP contribution is -2.25. The topological polar surface area (TPSA) is 38.9 Å². The maximum absolute atomic E-state index is 6.01. The van der Waals surface area contributed by atoms with Crippen LogP contribution in [0.25, 0.3) is 0 Å². The molecule has 0 aliphatic carbocycles. The van der Waals surface area contributed by atoms with Gasteiger partial charge in [0.15, 0.2) is 0 Å². The Morgan fingerprint density at radius 2 is 2.38 bits per heavy atom. The summed E-state index contributed by atoms with van der Waals surface area (Å²) >= 11 is 1.79. The molecule has 0 saturated carbocycles. The summed E-state index contributed by atoms with van der Waals surface area (Å²) < 4.78 is 0. The highest BCUT2D eigenvalue weighted by atomic mass is 32.2. The van der Waals surface area contributed by atoms with Gasteiger partial charge < -0.3 is 5.73 Å². The van der Waals surface area contributed by atoms with E-state index in [-0.39, 0.29) is 6.04 Å². The Balaban J connectivity index is 2.78. The van der Waals surface area contributed by atoms with Crippen molar-refractivity contribution in [3.8, 4) is 0 Å². The zero-order chi connectivity index (χ0) is 9.68. The number of thioether (sulfide) groups is 1. The van der Waals surface area contributed by atoms with Gasteiger partial charge in [-0.15, -0.1) is 0 Å². The zero-order valence-electron chi connectivity index (χ0n) is 8.10. The van der Waals surface area contributed by atoms with Crippen molar-refractivity contribution in [2.24, 2.45) is 5.73 Å². The molecule has 2 nitrogen and oxygen atoms in total. The Kier molecular flexibility index (Phi) is 4.25. The molecule has 0 fully saturated rings. The molecule has 1 aromatic heterocycles. The summed E-state index contributed by atoms with van der Waals surface area (Å²) in [6.07, 6.45) is 6.78. The molecule has 13 heavy (non-hydrogen) atoms. The minimum Gasteiger partial charge on any atom is -0.326 e.